The highest BCUT2D eigenvalue weighted by Gasteiger charge is 2.25. The zero-order valence-corrected chi connectivity index (χ0v) is 18.2. The van der Waals surface area contributed by atoms with Gasteiger partial charge in [-0.05, 0) is 24.1 Å². The third-order valence-electron chi connectivity index (χ3n) is 5.07. The first kappa shape index (κ1) is 20.6. The molecule has 4 nitrogen and oxygen atoms in total. The van der Waals surface area contributed by atoms with Crippen LogP contribution in [-0.2, 0) is 9.30 Å². The molecule has 4 rings (SSSR count). The van der Waals surface area contributed by atoms with Crippen molar-refractivity contribution in [2.45, 2.75) is 6.42 Å². The second-order valence-electron chi connectivity index (χ2n) is 7.25. The fourth-order valence-electron chi connectivity index (χ4n) is 3.50. The Bertz CT molecular complexity index is 849. The number of rotatable bonds is 7. The summed E-state index contributed by atoms with van der Waals surface area (Å²) in [5.41, 5.74) is 2.21. The molecule has 0 aromatic heterocycles. The van der Waals surface area contributed by atoms with Gasteiger partial charge in [-0.25, -0.2) is 0 Å². The predicted octanol–water partition coefficient (Wildman–Crippen LogP) is 5.32. The maximum Gasteiger partial charge on any atom is 0.192 e. The van der Waals surface area contributed by atoms with E-state index in [1.165, 1.54) is 0 Å². The fourth-order valence-corrected chi connectivity index (χ4v) is 7.37. The summed E-state index contributed by atoms with van der Waals surface area (Å²) in [5, 5.41) is 3.37. The van der Waals surface area contributed by atoms with Gasteiger partial charge in [-0.1, -0.05) is 72.4 Å². The topological polar surface area (TPSA) is 41.6 Å². The smallest absolute Gasteiger partial charge is 0.192 e. The Morgan fingerprint density at radius 1 is 0.897 bits per heavy atom. The van der Waals surface area contributed by atoms with E-state index in [0.717, 1.165) is 66.8 Å². The van der Waals surface area contributed by atoms with Gasteiger partial charge in [-0.2, -0.15) is 0 Å². The van der Waals surface area contributed by atoms with Crippen molar-refractivity contribution < 1.29 is 9.30 Å². The number of ether oxygens (including phenoxy) is 1. The lowest BCUT2D eigenvalue weighted by molar-refractivity contribution is 0.0376. The van der Waals surface area contributed by atoms with Gasteiger partial charge in [0.25, 0.3) is 0 Å². The summed E-state index contributed by atoms with van der Waals surface area (Å²) in [6.07, 6.45) is 0.972. The average molecular weight is 427 g/mol. The summed E-state index contributed by atoms with van der Waals surface area (Å²) in [4.78, 5) is 4.51. The number of benzene rings is 2. The average Bonchev–Trinajstić information content (AvgIpc) is 2.78. The zero-order chi connectivity index (χ0) is 19.9. The maximum absolute atomic E-state index is 13.7. The standard InChI is InChI=1S/C23H27N2O2PS/c26-28(24-12-7-13-25-14-16-27-17-15-25)18-22(20-8-3-1-4-9-20)29-23(19-28)21-10-5-2-6-11-21/h1-6,8-11,18-19H,7,12-17H2,(H,24,26). The van der Waals surface area contributed by atoms with E-state index in [9.17, 15) is 4.57 Å². The fraction of sp³-hybridized carbons (Fsp3) is 0.304. The molecule has 1 N–H and O–H groups in total. The Morgan fingerprint density at radius 3 is 2.00 bits per heavy atom. The van der Waals surface area contributed by atoms with Crippen LogP contribution in [0.15, 0.2) is 72.3 Å². The van der Waals surface area contributed by atoms with Gasteiger partial charge < -0.3 is 4.74 Å². The predicted molar refractivity (Wildman–Crippen MR) is 124 cm³/mol. The van der Waals surface area contributed by atoms with E-state index >= 15 is 0 Å². The van der Waals surface area contributed by atoms with Crippen LogP contribution in [0.25, 0.3) is 9.81 Å². The largest absolute Gasteiger partial charge is 0.379 e. The van der Waals surface area contributed by atoms with Crippen LogP contribution in [0.3, 0.4) is 0 Å². The second kappa shape index (κ2) is 9.92. The number of morpholine rings is 1. The molecule has 0 saturated carbocycles. The van der Waals surface area contributed by atoms with Crippen molar-refractivity contribution in [1.29, 1.82) is 0 Å². The van der Waals surface area contributed by atoms with Crippen LogP contribution in [-0.4, -0.2) is 44.3 Å². The number of nitrogens with one attached hydrogen (secondary N) is 1. The Balaban J connectivity index is 1.49. The molecule has 2 heterocycles. The molecule has 0 radical (unpaired) electrons. The molecule has 29 heavy (non-hydrogen) atoms. The maximum atomic E-state index is 13.7. The number of thioether (sulfide) groups is 1. The van der Waals surface area contributed by atoms with Gasteiger partial charge in [0.2, 0.25) is 0 Å². The first-order valence-corrected chi connectivity index (χ1v) is 12.8. The van der Waals surface area contributed by atoms with Crippen molar-refractivity contribution in [2.24, 2.45) is 0 Å². The number of hydrogen-bond acceptors (Lipinski definition) is 4. The molecule has 0 aliphatic carbocycles. The minimum absolute atomic E-state index is 0.733. The van der Waals surface area contributed by atoms with Crippen molar-refractivity contribution in [3.8, 4) is 0 Å². The van der Waals surface area contributed by atoms with Crippen LogP contribution in [0.5, 0.6) is 0 Å². The zero-order valence-electron chi connectivity index (χ0n) is 16.5. The number of nitrogens with zero attached hydrogens (tertiary/aromatic N) is 1. The molecule has 0 amide bonds. The summed E-state index contributed by atoms with van der Waals surface area (Å²) in [7, 11) is -2.76. The van der Waals surface area contributed by atoms with Gasteiger partial charge in [0.05, 0.1) is 13.2 Å². The molecule has 0 unspecified atom stereocenters. The van der Waals surface area contributed by atoms with Crippen LogP contribution < -0.4 is 5.09 Å². The van der Waals surface area contributed by atoms with Crippen LogP contribution in [0.2, 0.25) is 0 Å². The van der Waals surface area contributed by atoms with E-state index in [-0.39, 0.29) is 0 Å². The molecule has 1 saturated heterocycles. The van der Waals surface area contributed by atoms with Gasteiger partial charge in [0.1, 0.15) is 0 Å². The second-order valence-corrected chi connectivity index (χ2v) is 10.6. The molecule has 0 atom stereocenters. The van der Waals surface area contributed by atoms with Crippen LogP contribution in [0.1, 0.15) is 17.5 Å². The lowest BCUT2D eigenvalue weighted by atomic mass is 10.2. The van der Waals surface area contributed by atoms with E-state index < -0.39 is 7.29 Å². The SMILES string of the molecule is O=P1(NCCCN2CCOCC2)C=C(c2ccccc2)SC(c2ccccc2)=C1. The van der Waals surface area contributed by atoms with Gasteiger partial charge in [0.15, 0.2) is 7.29 Å². The molecular weight excluding hydrogens is 399 g/mol. The molecule has 2 aromatic carbocycles. The summed E-state index contributed by atoms with van der Waals surface area (Å²) < 4.78 is 19.1. The highest BCUT2D eigenvalue weighted by Crippen LogP contribution is 2.58. The van der Waals surface area contributed by atoms with Crippen LogP contribution in [0, 0.1) is 0 Å². The van der Waals surface area contributed by atoms with E-state index in [1.807, 2.05) is 48.0 Å². The van der Waals surface area contributed by atoms with Crippen LogP contribution >= 0.6 is 19.1 Å². The molecule has 1 fully saturated rings. The summed E-state index contributed by atoms with van der Waals surface area (Å²) in [6.45, 7) is 5.35. The van der Waals surface area contributed by atoms with E-state index in [0.29, 0.717) is 0 Å². The Hall–Kier alpha value is -1.62. The Labute approximate surface area is 177 Å². The van der Waals surface area contributed by atoms with E-state index in [4.69, 9.17) is 4.74 Å². The monoisotopic (exact) mass is 426 g/mol. The van der Waals surface area contributed by atoms with Gasteiger partial charge in [-0.15, -0.1) is 0 Å². The summed E-state index contributed by atoms with van der Waals surface area (Å²) >= 11 is 1.69. The molecule has 6 heteroatoms. The summed E-state index contributed by atoms with van der Waals surface area (Å²) in [6, 6.07) is 20.4. The van der Waals surface area contributed by atoms with Gasteiger partial charge in [-0.3, -0.25) is 14.6 Å². The van der Waals surface area contributed by atoms with Crippen molar-refractivity contribution in [3.63, 3.8) is 0 Å². The Kier molecular flexibility index (Phi) is 7.06. The molecule has 152 valence electrons. The van der Waals surface area contributed by atoms with Gasteiger partial charge >= 0.3 is 0 Å². The van der Waals surface area contributed by atoms with E-state index in [1.54, 1.807) is 11.8 Å². The van der Waals surface area contributed by atoms with Crippen molar-refractivity contribution in [3.05, 3.63) is 83.4 Å². The molecule has 2 aromatic rings. The quantitative estimate of drug-likeness (QED) is 0.479. The van der Waals surface area contributed by atoms with Crippen molar-refractivity contribution in [1.82, 2.24) is 9.99 Å². The van der Waals surface area contributed by atoms with Crippen molar-refractivity contribution in [2.75, 3.05) is 39.4 Å². The Morgan fingerprint density at radius 2 is 1.45 bits per heavy atom. The third kappa shape index (κ3) is 5.71. The molecule has 0 spiro atoms. The molecule has 2 aliphatic rings. The highest BCUT2D eigenvalue weighted by atomic mass is 32.2. The minimum Gasteiger partial charge on any atom is -0.379 e. The first-order valence-electron chi connectivity index (χ1n) is 10.1. The van der Waals surface area contributed by atoms with E-state index in [2.05, 4.69) is 34.3 Å². The van der Waals surface area contributed by atoms with Crippen molar-refractivity contribution >= 4 is 28.9 Å². The summed E-state index contributed by atoms with van der Waals surface area (Å²) in [5.74, 6) is 3.88. The van der Waals surface area contributed by atoms with Gasteiger partial charge in [0, 0.05) is 41.1 Å². The van der Waals surface area contributed by atoms with Crippen LogP contribution in [0.4, 0.5) is 0 Å². The molecule has 2 aliphatic heterocycles. The normalized spacial score (nSPS) is 19.4. The minimum atomic E-state index is -2.76. The molecular formula is C23H27N2O2PS. The first-order chi connectivity index (χ1) is 14.2. The third-order valence-corrected chi connectivity index (χ3v) is 8.57. The number of hydrogen-bond donors (Lipinski definition) is 1. The lowest BCUT2D eigenvalue weighted by Crippen LogP contribution is -2.37. The lowest BCUT2D eigenvalue weighted by Gasteiger charge is -2.27. The highest BCUT2D eigenvalue weighted by molar-refractivity contribution is 8.17. The molecule has 0 bridgehead atoms.